The molecule has 0 unspecified atom stereocenters. The second kappa shape index (κ2) is 12.2. The van der Waals surface area contributed by atoms with Crippen LogP contribution in [0.2, 0.25) is 10.0 Å². The topological polar surface area (TPSA) is 59.9 Å². The van der Waals surface area contributed by atoms with Crippen LogP contribution in [0.5, 0.6) is 11.5 Å². The minimum absolute atomic E-state index is 0.289. The van der Waals surface area contributed by atoms with E-state index in [1.54, 1.807) is 24.3 Å². The minimum Gasteiger partial charge on any atom is -0.489 e. The van der Waals surface area contributed by atoms with Crippen molar-refractivity contribution >= 4 is 34.8 Å². The lowest BCUT2D eigenvalue weighted by Gasteiger charge is -2.08. The van der Waals surface area contributed by atoms with Crippen LogP contribution in [0.4, 0.5) is 0 Å². The van der Waals surface area contributed by atoms with Crippen molar-refractivity contribution in [3.63, 3.8) is 0 Å². The summed E-state index contributed by atoms with van der Waals surface area (Å²) in [7, 11) is 0. The number of amides is 1. The minimum atomic E-state index is -0.289. The van der Waals surface area contributed by atoms with Crippen molar-refractivity contribution in [1.82, 2.24) is 5.43 Å². The first-order valence-corrected chi connectivity index (χ1v) is 12.0. The first kappa shape index (κ1) is 25.3. The lowest BCUT2D eigenvalue weighted by atomic mass is 10.1. The molecule has 0 aromatic heterocycles. The predicted octanol–water partition coefficient (Wildman–Crippen LogP) is 7.31. The Bertz CT molecular complexity index is 1320. The Balaban J connectivity index is 1.27. The molecule has 4 aromatic rings. The summed E-state index contributed by atoms with van der Waals surface area (Å²) < 4.78 is 11.5. The van der Waals surface area contributed by atoms with Crippen molar-refractivity contribution in [1.29, 1.82) is 0 Å². The Labute approximate surface area is 220 Å². The summed E-state index contributed by atoms with van der Waals surface area (Å²) in [4.78, 5) is 12.5. The maximum atomic E-state index is 12.5. The Morgan fingerprint density at radius 3 is 1.61 bits per heavy atom. The van der Waals surface area contributed by atoms with Gasteiger partial charge in [0.15, 0.2) is 0 Å². The van der Waals surface area contributed by atoms with Crippen LogP contribution in [0, 0.1) is 0 Å². The Morgan fingerprint density at radius 2 is 1.08 bits per heavy atom. The molecule has 0 aliphatic rings. The fourth-order valence-electron chi connectivity index (χ4n) is 3.25. The highest BCUT2D eigenvalue weighted by Gasteiger charge is 2.06. The molecule has 182 valence electrons. The zero-order chi connectivity index (χ0) is 25.3. The number of benzene rings is 4. The molecule has 7 heteroatoms. The highest BCUT2D eigenvalue weighted by molar-refractivity contribution is 6.30. The van der Waals surface area contributed by atoms with Gasteiger partial charge in [0, 0.05) is 15.6 Å². The molecule has 0 aliphatic heterocycles. The van der Waals surface area contributed by atoms with E-state index in [1.165, 1.54) is 0 Å². The van der Waals surface area contributed by atoms with Crippen LogP contribution in [-0.4, -0.2) is 11.6 Å². The van der Waals surface area contributed by atoms with Gasteiger partial charge in [-0.25, -0.2) is 5.43 Å². The van der Waals surface area contributed by atoms with Crippen LogP contribution in [0.3, 0.4) is 0 Å². The second-order valence-corrected chi connectivity index (χ2v) is 8.89. The molecule has 0 saturated heterocycles. The van der Waals surface area contributed by atoms with E-state index in [0.717, 1.165) is 28.2 Å². The quantitative estimate of drug-likeness (QED) is 0.186. The van der Waals surface area contributed by atoms with Crippen molar-refractivity contribution in [2.24, 2.45) is 5.10 Å². The summed E-state index contributed by atoms with van der Waals surface area (Å²) >= 11 is 11.8. The molecule has 0 spiro atoms. The second-order valence-electron chi connectivity index (χ2n) is 8.02. The Morgan fingerprint density at radius 1 is 0.667 bits per heavy atom. The molecule has 0 bridgehead atoms. The molecule has 0 aliphatic carbocycles. The number of nitrogens with zero attached hydrogens (tertiary/aromatic N) is 1. The number of carbonyl (C=O) groups is 1. The summed E-state index contributed by atoms with van der Waals surface area (Å²) in [5.41, 5.74) is 6.65. The van der Waals surface area contributed by atoms with Crippen LogP contribution in [0.25, 0.3) is 0 Å². The van der Waals surface area contributed by atoms with Gasteiger partial charge in [0.05, 0.1) is 5.71 Å². The first-order valence-electron chi connectivity index (χ1n) is 11.3. The largest absolute Gasteiger partial charge is 0.489 e. The lowest BCUT2D eigenvalue weighted by Crippen LogP contribution is -2.19. The Kier molecular flexibility index (Phi) is 8.61. The smallest absolute Gasteiger partial charge is 0.271 e. The fourth-order valence-corrected chi connectivity index (χ4v) is 3.51. The molecule has 0 heterocycles. The summed E-state index contributed by atoms with van der Waals surface area (Å²) in [5, 5.41) is 5.59. The molecule has 0 radical (unpaired) electrons. The highest BCUT2D eigenvalue weighted by atomic mass is 35.5. The molecular weight excluding hydrogens is 495 g/mol. The summed E-state index contributed by atoms with van der Waals surface area (Å²) in [6.45, 7) is 2.67. The van der Waals surface area contributed by atoms with Crippen LogP contribution in [0.15, 0.2) is 102 Å². The summed E-state index contributed by atoms with van der Waals surface area (Å²) in [6.07, 6.45) is 0. The number of nitrogens with one attached hydrogen (secondary N) is 1. The van der Waals surface area contributed by atoms with E-state index in [1.807, 2.05) is 79.7 Å². The van der Waals surface area contributed by atoms with Gasteiger partial charge in [0.25, 0.3) is 5.91 Å². The summed E-state index contributed by atoms with van der Waals surface area (Å²) in [6, 6.07) is 29.4. The third kappa shape index (κ3) is 7.35. The number of hydrazone groups is 1. The van der Waals surface area contributed by atoms with E-state index >= 15 is 0 Å². The van der Waals surface area contributed by atoms with Gasteiger partial charge in [0.1, 0.15) is 24.7 Å². The Hall–Kier alpha value is -3.80. The predicted molar refractivity (Wildman–Crippen MR) is 144 cm³/mol. The van der Waals surface area contributed by atoms with Crippen molar-refractivity contribution < 1.29 is 14.3 Å². The van der Waals surface area contributed by atoms with E-state index in [2.05, 4.69) is 10.5 Å². The van der Waals surface area contributed by atoms with Gasteiger partial charge < -0.3 is 9.47 Å². The van der Waals surface area contributed by atoms with Crippen LogP contribution < -0.4 is 14.9 Å². The average Bonchev–Trinajstić information content (AvgIpc) is 2.91. The van der Waals surface area contributed by atoms with Gasteiger partial charge in [-0.2, -0.15) is 5.10 Å². The number of carbonyl (C=O) groups excluding carboxylic acids is 1. The maximum absolute atomic E-state index is 12.5. The molecular formula is C29H24Cl2N2O3. The number of rotatable bonds is 9. The molecule has 0 saturated carbocycles. The molecule has 4 aromatic carbocycles. The van der Waals surface area contributed by atoms with Gasteiger partial charge in [-0.15, -0.1) is 0 Å². The molecule has 1 amide bonds. The number of halogens is 2. The normalized spacial score (nSPS) is 11.1. The molecule has 36 heavy (non-hydrogen) atoms. The van der Waals surface area contributed by atoms with Gasteiger partial charge in [0.2, 0.25) is 0 Å². The van der Waals surface area contributed by atoms with Crippen LogP contribution in [0.1, 0.15) is 34.0 Å². The molecule has 1 N–H and O–H groups in total. The zero-order valence-corrected chi connectivity index (χ0v) is 21.1. The van der Waals surface area contributed by atoms with Gasteiger partial charge in [-0.3, -0.25) is 4.79 Å². The lowest BCUT2D eigenvalue weighted by molar-refractivity contribution is 0.0954. The molecule has 5 nitrogen and oxygen atoms in total. The third-order valence-corrected chi connectivity index (χ3v) is 5.86. The number of ether oxygens (including phenoxy) is 2. The zero-order valence-electron chi connectivity index (χ0n) is 19.6. The monoisotopic (exact) mass is 518 g/mol. The van der Waals surface area contributed by atoms with E-state index < -0.39 is 0 Å². The molecule has 0 atom stereocenters. The maximum Gasteiger partial charge on any atom is 0.271 e. The van der Waals surface area contributed by atoms with E-state index in [4.69, 9.17) is 32.7 Å². The van der Waals surface area contributed by atoms with E-state index in [9.17, 15) is 4.79 Å². The fraction of sp³-hybridized carbons (Fsp3) is 0.103. The van der Waals surface area contributed by atoms with Crippen molar-refractivity contribution in [3.05, 3.63) is 129 Å². The highest BCUT2D eigenvalue weighted by Crippen LogP contribution is 2.18. The third-order valence-electron chi connectivity index (χ3n) is 5.35. The standard InChI is InChI=1S/C29H24Cl2N2O3/c1-20(23-8-14-27(15-9-23)35-19-22-4-10-25(30)11-5-22)32-33-29(34)24-6-2-21(3-7-24)18-36-28-16-12-26(31)13-17-28/h2-17H,18-19H2,1H3,(H,33,34)/b32-20+. The van der Waals surface area contributed by atoms with E-state index in [-0.39, 0.29) is 5.91 Å². The van der Waals surface area contributed by atoms with Crippen LogP contribution >= 0.6 is 23.2 Å². The van der Waals surface area contributed by atoms with E-state index in [0.29, 0.717) is 34.5 Å². The van der Waals surface area contributed by atoms with Gasteiger partial charge >= 0.3 is 0 Å². The number of hydrogen-bond acceptors (Lipinski definition) is 4. The van der Waals surface area contributed by atoms with Gasteiger partial charge in [-0.05, 0) is 96.4 Å². The molecule has 0 fully saturated rings. The van der Waals surface area contributed by atoms with Crippen molar-refractivity contribution in [2.75, 3.05) is 0 Å². The summed E-state index contributed by atoms with van der Waals surface area (Å²) in [5.74, 6) is 1.18. The van der Waals surface area contributed by atoms with Crippen molar-refractivity contribution in [2.45, 2.75) is 20.1 Å². The molecule has 4 rings (SSSR count). The number of hydrogen-bond donors (Lipinski definition) is 1. The SMILES string of the molecule is C/C(=N\NC(=O)c1ccc(COc2ccc(Cl)cc2)cc1)c1ccc(OCc2ccc(Cl)cc2)cc1. The first-order chi connectivity index (χ1) is 17.5. The average molecular weight is 519 g/mol. The van der Waals surface area contributed by atoms with Crippen molar-refractivity contribution in [3.8, 4) is 11.5 Å². The van der Waals surface area contributed by atoms with Crippen LogP contribution in [-0.2, 0) is 13.2 Å². The van der Waals surface area contributed by atoms with Gasteiger partial charge in [-0.1, -0.05) is 47.5 Å².